The highest BCUT2D eigenvalue weighted by Crippen LogP contribution is 2.28. The lowest BCUT2D eigenvalue weighted by molar-refractivity contribution is -0.142. The number of para-hydroxylation sites is 1. The van der Waals surface area contributed by atoms with Gasteiger partial charge in [0.25, 0.3) is 5.91 Å². The first-order chi connectivity index (χ1) is 10.1. The number of rotatable bonds is 7. The number of nitrogens with zero attached hydrogens (tertiary/aromatic N) is 1. The fraction of sp³-hybridized carbons (Fsp3) is 0.467. The van der Waals surface area contributed by atoms with Gasteiger partial charge >= 0.3 is 5.97 Å². The van der Waals surface area contributed by atoms with E-state index in [-0.39, 0.29) is 30.9 Å². The molecule has 21 heavy (non-hydrogen) atoms. The maximum absolute atomic E-state index is 12.2. The first-order valence-corrected chi connectivity index (χ1v) is 7.23. The topological polar surface area (TPSA) is 55.8 Å². The van der Waals surface area contributed by atoms with Crippen LogP contribution in [0.4, 0.5) is 0 Å². The van der Waals surface area contributed by atoms with Crippen LogP contribution in [0.3, 0.4) is 0 Å². The number of halogens is 1. The van der Waals surface area contributed by atoms with Crippen molar-refractivity contribution in [1.29, 1.82) is 0 Å². The molecular weight excluding hydrogens is 294 g/mol. The summed E-state index contributed by atoms with van der Waals surface area (Å²) >= 11 is 5.97. The summed E-state index contributed by atoms with van der Waals surface area (Å²) in [4.78, 5) is 25.1. The Morgan fingerprint density at radius 2 is 2.05 bits per heavy atom. The van der Waals surface area contributed by atoms with Crippen LogP contribution in [0.5, 0.6) is 5.75 Å². The van der Waals surface area contributed by atoms with Crippen molar-refractivity contribution < 1.29 is 19.1 Å². The number of carbonyl (C=O) groups is 2. The molecule has 114 valence electrons. The van der Waals surface area contributed by atoms with Gasteiger partial charge in [0.2, 0.25) is 0 Å². The summed E-state index contributed by atoms with van der Waals surface area (Å²) in [7, 11) is 1.34. The molecule has 2 rings (SSSR count). The lowest BCUT2D eigenvalue weighted by Crippen LogP contribution is -2.38. The maximum atomic E-state index is 12.2. The minimum atomic E-state index is -0.319. The Hall–Kier alpha value is -1.75. The summed E-state index contributed by atoms with van der Waals surface area (Å²) in [6.45, 7) is 0.281. The number of carbonyl (C=O) groups excluding carboxylic acids is 2. The maximum Gasteiger partial charge on any atom is 0.307 e. The predicted molar refractivity (Wildman–Crippen MR) is 78.3 cm³/mol. The molecular formula is C15H18ClNO4. The Morgan fingerprint density at radius 3 is 2.67 bits per heavy atom. The molecule has 0 radical (unpaired) electrons. The molecule has 0 aliphatic heterocycles. The zero-order valence-corrected chi connectivity index (χ0v) is 12.6. The fourth-order valence-electron chi connectivity index (χ4n) is 2.00. The van der Waals surface area contributed by atoms with Crippen molar-refractivity contribution in [1.82, 2.24) is 4.90 Å². The van der Waals surface area contributed by atoms with Gasteiger partial charge < -0.3 is 14.4 Å². The van der Waals surface area contributed by atoms with Gasteiger partial charge in [0.05, 0.1) is 18.6 Å². The van der Waals surface area contributed by atoms with E-state index in [1.54, 1.807) is 29.2 Å². The van der Waals surface area contributed by atoms with E-state index < -0.39 is 0 Å². The van der Waals surface area contributed by atoms with Gasteiger partial charge in [-0.15, -0.1) is 0 Å². The van der Waals surface area contributed by atoms with E-state index in [0.717, 1.165) is 12.8 Å². The lowest BCUT2D eigenvalue weighted by atomic mass is 10.3. The summed E-state index contributed by atoms with van der Waals surface area (Å²) in [5, 5.41) is 0.470. The van der Waals surface area contributed by atoms with Crippen LogP contribution in [0.25, 0.3) is 0 Å². The standard InChI is InChI=1S/C15H18ClNO4/c1-20-15(19)8-9-17(11-6-7-11)14(18)10-21-13-5-3-2-4-12(13)16/h2-5,11H,6-10H2,1H3. The molecule has 1 aromatic rings. The highest BCUT2D eigenvalue weighted by Gasteiger charge is 2.32. The van der Waals surface area contributed by atoms with Gasteiger partial charge in [-0.25, -0.2) is 0 Å². The van der Waals surface area contributed by atoms with Gasteiger partial charge in [-0.2, -0.15) is 0 Å². The van der Waals surface area contributed by atoms with Crippen molar-refractivity contribution in [3.05, 3.63) is 29.3 Å². The molecule has 1 aromatic carbocycles. The quantitative estimate of drug-likeness (QED) is 0.725. The molecule has 0 atom stereocenters. The normalized spacial score (nSPS) is 13.6. The second-order valence-corrected chi connectivity index (χ2v) is 5.27. The van der Waals surface area contributed by atoms with Gasteiger partial charge in [-0.05, 0) is 25.0 Å². The van der Waals surface area contributed by atoms with Crippen LogP contribution in [-0.4, -0.2) is 43.1 Å². The van der Waals surface area contributed by atoms with Gasteiger partial charge in [-0.3, -0.25) is 9.59 Å². The monoisotopic (exact) mass is 311 g/mol. The van der Waals surface area contributed by atoms with E-state index in [1.165, 1.54) is 7.11 Å². The van der Waals surface area contributed by atoms with E-state index in [1.807, 2.05) is 0 Å². The zero-order chi connectivity index (χ0) is 15.2. The van der Waals surface area contributed by atoms with Crippen molar-refractivity contribution in [3.8, 4) is 5.75 Å². The molecule has 0 saturated heterocycles. The van der Waals surface area contributed by atoms with Gasteiger partial charge in [-0.1, -0.05) is 23.7 Å². The third-order valence-corrected chi connectivity index (χ3v) is 3.59. The average Bonchev–Trinajstić information content (AvgIpc) is 3.31. The summed E-state index contributed by atoms with van der Waals surface area (Å²) in [6, 6.07) is 7.23. The summed E-state index contributed by atoms with van der Waals surface area (Å²) < 4.78 is 10.1. The number of ether oxygens (including phenoxy) is 2. The van der Waals surface area contributed by atoms with Crippen molar-refractivity contribution >= 4 is 23.5 Å². The van der Waals surface area contributed by atoms with Crippen molar-refractivity contribution in [3.63, 3.8) is 0 Å². The van der Waals surface area contributed by atoms with Crippen LogP contribution < -0.4 is 4.74 Å². The van der Waals surface area contributed by atoms with Crippen LogP contribution in [-0.2, 0) is 14.3 Å². The number of esters is 1. The SMILES string of the molecule is COC(=O)CCN(C(=O)COc1ccccc1Cl)C1CC1. The Labute approximate surface area is 128 Å². The van der Waals surface area contributed by atoms with E-state index in [4.69, 9.17) is 16.3 Å². The van der Waals surface area contributed by atoms with E-state index in [9.17, 15) is 9.59 Å². The molecule has 0 bridgehead atoms. The molecule has 0 unspecified atom stereocenters. The van der Waals surface area contributed by atoms with Gasteiger partial charge in [0.15, 0.2) is 6.61 Å². The van der Waals surface area contributed by atoms with Crippen molar-refractivity contribution in [2.75, 3.05) is 20.3 Å². The third-order valence-electron chi connectivity index (χ3n) is 3.28. The Balaban J connectivity index is 1.87. The summed E-state index contributed by atoms with van der Waals surface area (Å²) in [5.74, 6) is 0.0260. The third kappa shape index (κ3) is 4.63. The number of methoxy groups -OCH3 is 1. The highest BCUT2D eigenvalue weighted by molar-refractivity contribution is 6.32. The largest absolute Gasteiger partial charge is 0.482 e. The molecule has 5 nitrogen and oxygen atoms in total. The molecule has 1 aliphatic carbocycles. The van der Waals surface area contributed by atoms with Gasteiger partial charge in [0.1, 0.15) is 5.75 Å². The van der Waals surface area contributed by atoms with E-state index >= 15 is 0 Å². The van der Waals surface area contributed by atoms with E-state index in [2.05, 4.69) is 4.74 Å². The predicted octanol–water partition coefficient (Wildman–Crippen LogP) is 2.27. The molecule has 1 fully saturated rings. The molecule has 0 spiro atoms. The average molecular weight is 312 g/mol. The second-order valence-electron chi connectivity index (χ2n) is 4.86. The van der Waals surface area contributed by atoms with E-state index in [0.29, 0.717) is 17.3 Å². The van der Waals surface area contributed by atoms with Crippen LogP contribution in [0.15, 0.2) is 24.3 Å². The summed E-state index contributed by atoms with van der Waals surface area (Å²) in [6.07, 6.45) is 2.14. The van der Waals surface area contributed by atoms with Crippen LogP contribution in [0, 0.1) is 0 Å². The molecule has 0 N–H and O–H groups in total. The first kappa shape index (κ1) is 15.6. The number of amides is 1. The van der Waals surface area contributed by atoms with Crippen molar-refractivity contribution in [2.45, 2.75) is 25.3 Å². The van der Waals surface area contributed by atoms with Crippen molar-refractivity contribution in [2.24, 2.45) is 0 Å². The molecule has 1 aliphatic rings. The molecule has 0 heterocycles. The lowest BCUT2D eigenvalue weighted by Gasteiger charge is -2.22. The minimum Gasteiger partial charge on any atom is -0.482 e. The molecule has 1 amide bonds. The highest BCUT2D eigenvalue weighted by atomic mass is 35.5. The Morgan fingerprint density at radius 1 is 1.33 bits per heavy atom. The smallest absolute Gasteiger partial charge is 0.307 e. The van der Waals surface area contributed by atoms with Crippen LogP contribution in [0.2, 0.25) is 5.02 Å². The molecule has 6 heteroatoms. The first-order valence-electron chi connectivity index (χ1n) is 6.85. The fourth-order valence-corrected chi connectivity index (χ4v) is 2.19. The number of benzene rings is 1. The Bertz CT molecular complexity index is 516. The molecule has 0 aromatic heterocycles. The molecule has 1 saturated carbocycles. The Kier molecular flexibility index (Phi) is 5.44. The number of hydrogen-bond donors (Lipinski definition) is 0. The second kappa shape index (κ2) is 7.31. The van der Waals surface area contributed by atoms with Crippen LogP contribution in [0.1, 0.15) is 19.3 Å². The minimum absolute atomic E-state index is 0.0819. The van der Waals surface area contributed by atoms with Crippen LogP contribution >= 0.6 is 11.6 Å². The number of hydrogen-bond acceptors (Lipinski definition) is 4. The zero-order valence-electron chi connectivity index (χ0n) is 11.9. The van der Waals surface area contributed by atoms with Gasteiger partial charge in [0, 0.05) is 12.6 Å². The summed E-state index contributed by atoms with van der Waals surface area (Å²) in [5.41, 5.74) is 0.